The zero-order chi connectivity index (χ0) is 14.1. The van der Waals surface area contributed by atoms with Crippen molar-refractivity contribution in [3.8, 4) is 0 Å². The van der Waals surface area contributed by atoms with Gasteiger partial charge in [-0.25, -0.2) is 0 Å². The zero-order valence-corrected chi connectivity index (χ0v) is 14.2. The minimum atomic E-state index is -1.99. The van der Waals surface area contributed by atoms with E-state index >= 15 is 0 Å². The Morgan fingerprint density at radius 2 is 1.06 bits per heavy atom. The maximum absolute atomic E-state index is 3.78. The highest BCUT2D eigenvalue weighted by Gasteiger charge is 2.36. The first-order valence-corrected chi connectivity index (χ1v) is 9.43. The van der Waals surface area contributed by atoms with Crippen molar-refractivity contribution in [2.75, 3.05) is 19.6 Å². The molecule has 4 N–H and O–H groups in total. The predicted octanol–water partition coefficient (Wildman–Crippen LogP) is 1.81. The van der Waals surface area contributed by atoms with Crippen molar-refractivity contribution in [2.45, 2.75) is 66.3 Å². The molecule has 110 valence electrons. The summed E-state index contributed by atoms with van der Waals surface area (Å²) >= 11 is 0. The van der Waals surface area contributed by atoms with Crippen LogP contribution in [0.15, 0.2) is 0 Å². The van der Waals surface area contributed by atoms with Gasteiger partial charge in [0.15, 0.2) is 0 Å². The molecule has 5 heteroatoms. The molecule has 0 radical (unpaired) electrons. The third-order valence-corrected chi connectivity index (χ3v) is 5.95. The smallest absolute Gasteiger partial charge is 0.301 e. The lowest BCUT2D eigenvalue weighted by molar-refractivity contribution is 0.479. The molecule has 0 aliphatic heterocycles. The molecule has 0 heterocycles. The normalized spacial score (nSPS) is 13.0. The maximum Gasteiger partial charge on any atom is 0.366 e. The molecule has 0 amide bonds. The van der Waals surface area contributed by atoms with Crippen LogP contribution in [-0.2, 0) is 0 Å². The van der Waals surface area contributed by atoms with E-state index in [0.29, 0.717) is 0 Å². The Kier molecular flexibility index (Phi) is 9.07. The van der Waals surface area contributed by atoms with Crippen LogP contribution in [0.3, 0.4) is 0 Å². The van der Waals surface area contributed by atoms with Gasteiger partial charge in [-0.15, -0.1) is 0 Å². The first kappa shape index (κ1) is 18.1. The van der Waals surface area contributed by atoms with Crippen molar-refractivity contribution in [1.29, 1.82) is 0 Å². The molecule has 0 fully saturated rings. The fourth-order valence-electron chi connectivity index (χ4n) is 1.82. The predicted molar refractivity (Wildman–Crippen MR) is 83.5 cm³/mol. The van der Waals surface area contributed by atoms with Crippen LogP contribution in [0.1, 0.15) is 60.8 Å². The van der Waals surface area contributed by atoms with Gasteiger partial charge in [-0.3, -0.25) is 4.98 Å². The van der Waals surface area contributed by atoms with E-state index < -0.39 is 8.72 Å². The van der Waals surface area contributed by atoms with E-state index in [2.05, 4.69) is 61.5 Å². The summed E-state index contributed by atoms with van der Waals surface area (Å²) in [5.74, 6) is 0. The Labute approximate surface area is 115 Å². The molecule has 0 aliphatic carbocycles. The quantitative estimate of drug-likeness (QED) is 0.459. The minimum absolute atomic E-state index is 0.106. The summed E-state index contributed by atoms with van der Waals surface area (Å²) in [5.41, 5.74) is 0.106. The van der Waals surface area contributed by atoms with Crippen molar-refractivity contribution in [3.05, 3.63) is 0 Å². The molecule has 0 aromatic heterocycles. The summed E-state index contributed by atoms with van der Waals surface area (Å²) in [6.45, 7) is 16.4. The monoisotopic (exact) mass is 274 g/mol. The number of rotatable bonds is 10. The van der Waals surface area contributed by atoms with E-state index in [4.69, 9.17) is 0 Å². The Hall–Kier alpha value is 0.0569. The Balaban J connectivity index is 4.73. The molecule has 0 aromatic carbocycles. The van der Waals surface area contributed by atoms with Gasteiger partial charge in [0.05, 0.1) is 0 Å². The van der Waals surface area contributed by atoms with Gasteiger partial charge in [0.2, 0.25) is 0 Å². The van der Waals surface area contributed by atoms with Crippen molar-refractivity contribution >= 4 is 8.72 Å². The lowest BCUT2D eigenvalue weighted by Crippen LogP contribution is -2.83. The van der Waals surface area contributed by atoms with Crippen LogP contribution in [-0.4, -0.2) is 33.9 Å². The SMILES string of the molecule is CCCN[Si](NCCC)(NCCC)NC(C)(C)C. The minimum Gasteiger partial charge on any atom is -0.301 e. The molecular weight excluding hydrogens is 240 g/mol. The molecule has 18 heavy (non-hydrogen) atoms. The fourth-order valence-corrected chi connectivity index (χ4v) is 5.46. The van der Waals surface area contributed by atoms with Gasteiger partial charge >= 0.3 is 8.72 Å². The van der Waals surface area contributed by atoms with E-state index in [1.54, 1.807) is 0 Å². The van der Waals surface area contributed by atoms with Crippen molar-refractivity contribution in [3.63, 3.8) is 0 Å². The largest absolute Gasteiger partial charge is 0.366 e. The molecule has 0 rings (SSSR count). The summed E-state index contributed by atoms with van der Waals surface area (Å²) in [4.78, 5) is 14.9. The summed E-state index contributed by atoms with van der Waals surface area (Å²) in [6.07, 6.45) is 3.46. The molecule has 0 saturated heterocycles. The van der Waals surface area contributed by atoms with Gasteiger partial charge in [-0.1, -0.05) is 20.8 Å². The van der Waals surface area contributed by atoms with Crippen LogP contribution in [0.5, 0.6) is 0 Å². The van der Waals surface area contributed by atoms with E-state index in [9.17, 15) is 0 Å². The second-order valence-electron chi connectivity index (χ2n) is 5.91. The van der Waals surface area contributed by atoms with Crippen LogP contribution in [0.4, 0.5) is 0 Å². The van der Waals surface area contributed by atoms with Crippen molar-refractivity contribution < 1.29 is 0 Å². The van der Waals surface area contributed by atoms with Gasteiger partial charge in [0, 0.05) is 5.54 Å². The van der Waals surface area contributed by atoms with Gasteiger partial charge < -0.3 is 14.9 Å². The first-order valence-electron chi connectivity index (χ1n) is 7.43. The highest BCUT2D eigenvalue weighted by atomic mass is 28.4. The van der Waals surface area contributed by atoms with E-state index in [1.807, 2.05) is 0 Å². The third-order valence-electron chi connectivity index (χ3n) is 2.48. The molecule has 0 spiro atoms. The second-order valence-corrected chi connectivity index (χ2v) is 8.72. The standard InChI is InChI=1S/C13H34N4Si/c1-7-10-14-18(15-11-8-2,16-12-9-3)17-13(4,5)6/h14-17H,7-12H2,1-6H3. The van der Waals surface area contributed by atoms with Crippen molar-refractivity contribution in [2.24, 2.45) is 0 Å². The topological polar surface area (TPSA) is 48.1 Å². The average Bonchev–Trinajstić information content (AvgIpc) is 2.29. The summed E-state index contributed by atoms with van der Waals surface area (Å²) < 4.78 is 0. The summed E-state index contributed by atoms with van der Waals surface area (Å²) in [7, 11) is -1.99. The van der Waals surface area contributed by atoms with E-state index in [1.165, 1.54) is 0 Å². The molecule has 0 atom stereocenters. The molecule has 0 bridgehead atoms. The van der Waals surface area contributed by atoms with Gasteiger partial charge in [0.25, 0.3) is 0 Å². The Morgan fingerprint density at radius 1 is 0.722 bits per heavy atom. The molecular formula is C13H34N4Si. The molecule has 0 unspecified atom stereocenters. The highest BCUT2D eigenvalue weighted by Crippen LogP contribution is 2.02. The van der Waals surface area contributed by atoms with Crippen LogP contribution < -0.4 is 19.9 Å². The highest BCUT2D eigenvalue weighted by molar-refractivity contribution is 6.70. The molecule has 0 saturated carbocycles. The number of hydrogen-bond donors (Lipinski definition) is 4. The second kappa shape index (κ2) is 9.04. The molecule has 0 aliphatic rings. The number of nitrogens with one attached hydrogen (secondary N) is 4. The van der Waals surface area contributed by atoms with Crippen LogP contribution in [0.2, 0.25) is 0 Å². The summed E-state index contributed by atoms with van der Waals surface area (Å²) in [6, 6.07) is 0. The van der Waals surface area contributed by atoms with E-state index in [-0.39, 0.29) is 5.54 Å². The third kappa shape index (κ3) is 8.21. The van der Waals surface area contributed by atoms with Gasteiger partial charge in [0.1, 0.15) is 0 Å². The van der Waals surface area contributed by atoms with E-state index in [0.717, 1.165) is 38.9 Å². The number of hydrogen-bond acceptors (Lipinski definition) is 4. The lowest BCUT2D eigenvalue weighted by atomic mass is 10.1. The fraction of sp³-hybridized carbons (Fsp3) is 1.00. The van der Waals surface area contributed by atoms with Gasteiger partial charge in [-0.05, 0) is 59.7 Å². The Bertz CT molecular complexity index is 182. The molecule has 4 nitrogen and oxygen atoms in total. The van der Waals surface area contributed by atoms with Crippen molar-refractivity contribution in [1.82, 2.24) is 19.9 Å². The molecule has 0 aromatic rings. The van der Waals surface area contributed by atoms with Crippen LogP contribution >= 0.6 is 0 Å². The average molecular weight is 275 g/mol. The Morgan fingerprint density at radius 3 is 1.28 bits per heavy atom. The van der Waals surface area contributed by atoms with Crippen LogP contribution in [0, 0.1) is 0 Å². The van der Waals surface area contributed by atoms with Crippen LogP contribution in [0.25, 0.3) is 0 Å². The first-order chi connectivity index (χ1) is 8.39. The lowest BCUT2D eigenvalue weighted by Gasteiger charge is -2.39. The maximum atomic E-state index is 3.78. The summed E-state index contributed by atoms with van der Waals surface area (Å²) in [5, 5.41) is 0. The zero-order valence-electron chi connectivity index (χ0n) is 13.2. The van der Waals surface area contributed by atoms with Gasteiger partial charge in [-0.2, -0.15) is 0 Å².